The quantitative estimate of drug-likeness (QED) is 0.816. The van der Waals surface area contributed by atoms with Crippen molar-refractivity contribution in [1.82, 2.24) is 9.97 Å². The summed E-state index contributed by atoms with van der Waals surface area (Å²) < 4.78 is 6.68. The second-order valence-corrected chi connectivity index (χ2v) is 6.62. The first-order chi connectivity index (χ1) is 8.99. The summed E-state index contributed by atoms with van der Waals surface area (Å²) >= 11 is 2.36. The zero-order chi connectivity index (χ0) is 14.0. The fourth-order valence-electron chi connectivity index (χ4n) is 2.46. The van der Waals surface area contributed by atoms with Gasteiger partial charge < -0.3 is 10.1 Å². The zero-order valence-corrected chi connectivity index (χ0v) is 14.2. The lowest BCUT2D eigenvalue weighted by Crippen LogP contribution is -2.25. The molecule has 2 rings (SSSR count). The van der Waals surface area contributed by atoms with Crippen molar-refractivity contribution < 1.29 is 4.74 Å². The first-order valence-corrected chi connectivity index (χ1v) is 7.88. The molecule has 1 aliphatic rings. The molecule has 1 heterocycles. The lowest BCUT2D eigenvalue weighted by Gasteiger charge is -2.24. The topological polar surface area (TPSA) is 47.0 Å². The molecule has 1 aromatic heterocycles. The number of hydrogen-bond acceptors (Lipinski definition) is 4. The normalized spacial score (nSPS) is 16.9. The Morgan fingerprint density at radius 3 is 2.42 bits per heavy atom. The highest BCUT2D eigenvalue weighted by Crippen LogP contribution is 2.38. The molecule has 1 fully saturated rings. The van der Waals surface area contributed by atoms with Gasteiger partial charge in [-0.2, -0.15) is 0 Å². The summed E-state index contributed by atoms with van der Waals surface area (Å²) in [7, 11) is 3.61. The Labute approximate surface area is 128 Å². The van der Waals surface area contributed by atoms with Crippen LogP contribution in [0.3, 0.4) is 0 Å². The largest absolute Gasteiger partial charge is 0.372 e. The van der Waals surface area contributed by atoms with Crippen molar-refractivity contribution in [3.05, 3.63) is 15.1 Å². The molecule has 19 heavy (non-hydrogen) atoms. The van der Waals surface area contributed by atoms with Gasteiger partial charge in [0.1, 0.15) is 11.4 Å². The SMILES string of the molecule is CNc1nc(C(C)(C)OC)nc(C2CCCC2)c1I. The number of rotatable bonds is 4. The Balaban J connectivity index is 2.49. The second kappa shape index (κ2) is 5.91. The van der Waals surface area contributed by atoms with E-state index in [9.17, 15) is 0 Å². The number of halogens is 1. The van der Waals surface area contributed by atoms with Gasteiger partial charge in [0.25, 0.3) is 0 Å². The highest BCUT2D eigenvalue weighted by atomic mass is 127. The van der Waals surface area contributed by atoms with Gasteiger partial charge in [-0.05, 0) is 49.3 Å². The molecule has 0 aromatic carbocycles. The standard InChI is InChI=1S/C14H22IN3O/c1-14(2,19-4)13-17-11(9-7-5-6-8-9)10(15)12(16-3)18-13/h9H,5-8H2,1-4H3,(H,16,17,18). The Morgan fingerprint density at radius 1 is 1.26 bits per heavy atom. The van der Waals surface area contributed by atoms with E-state index < -0.39 is 5.60 Å². The minimum Gasteiger partial charge on any atom is -0.372 e. The van der Waals surface area contributed by atoms with Crippen LogP contribution in [0.4, 0.5) is 5.82 Å². The van der Waals surface area contributed by atoms with Gasteiger partial charge in [0.2, 0.25) is 0 Å². The van der Waals surface area contributed by atoms with Gasteiger partial charge in [-0.1, -0.05) is 12.8 Å². The summed E-state index contributed by atoms with van der Waals surface area (Å²) in [5.41, 5.74) is 0.737. The number of nitrogens with zero attached hydrogens (tertiary/aromatic N) is 2. The van der Waals surface area contributed by atoms with Crippen LogP contribution in [0, 0.1) is 3.57 Å². The molecular formula is C14H22IN3O. The van der Waals surface area contributed by atoms with Crippen molar-refractivity contribution in [2.75, 3.05) is 19.5 Å². The molecular weight excluding hydrogens is 353 g/mol. The Kier molecular flexibility index (Phi) is 4.66. The lowest BCUT2D eigenvalue weighted by atomic mass is 10.0. The molecule has 1 aliphatic carbocycles. The van der Waals surface area contributed by atoms with Crippen LogP contribution in [-0.2, 0) is 10.3 Å². The number of anilines is 1. The molecule has 1 N–H and O–H groups in total. The summed E-state index contributed by atoms with van der Waals surface area (Å²) in [6, 6.07) is 0. The highest BCUT2D eigenvalue weighted by Gasteiger charge is 2.29. The maximum absolute atomic E-state index is 5.53. The predicted molar refractivity (Wildman–Crippen MR) is 85.5 cm³/mol. The Morgan fingerprint density at radius 2 is 1.89 bits per heavy atom. The van der Waals surface area contributed by atoms with Gasteiger partial charge in [-0.15, -0.1) is 0 Å². The number of methoxy groups -OCH3 is 1. The van der Waals surface area contributed by atoms with Crippen LogP contribution >= 0.6 is 22.6 Å². The molecule has 0 amide bonds. The lowest BCUT2D eigenvalue weighted by molar-refractivity contribution is 0.0113. The third-order valence-corrected chi connectivity index (χ3v) is 4.97. The molecule has 0 unspecified atom stereocenters. The minimum atomic E-state index is -0.455. The van der Waals surface area contributed by atoms with Crippen LogP contribution < -0.4 is 5.32 Å². The van der Waals surface area contributed by atoms with Gasteiger partial charge in [0, 0.05) is 20.1 Å². The van der Waals surface area contributed by atoms with E-state index in [1.54, 1.807) is 7.11 Å². The average Bonchev–Trinajstić information content (AvgIpc) is 2.92. The maximum atomic E-state index is 5.53. The number of nitrogens with one attached hydrogen (secondary N) is 1. The summed E-state index contributed by atoms with van der Waals surface area (Å²) in [5, 5.41) is 3.18. The molecule has 0 radical (unpaired) electrons. The van der Waals surface area contributed by atoms with Crippen LogP contribution in [0.15, 0.2) is 0 Å². The van der Waals surface area contributed by atoms with Crippen LogP contribution in [0.2, 0.25) is 0 Å². The van der Waals surface area contributed by atoms with Crippen molar-refractivity contribution in [2.24, 2.45) is 0 Å². The molecule has 106 valence electrons. The first kappa shape index (κ1) is 15.0. The van der Waals surface area contributed by atoms with Crippen LogP contribution in [0.25, 0.3) is 0 Å². The molecule has 1 saturated carbocycles. The van der Waals surface area contributed by atoms with Crippen molar-refractivity contribution in [1.29, 1.82) is 0 Å². The molecule has 0 bridgehead atoms. The van der Waals surface area contributed by atoms with E-state index in [2.05, 4.69) is 32.9 Å². The van der Waals surface area contributed by atoms with Gasteiger partial charge >= 0.3 is 0 Å². The van der Waals surface area contributed by atoms with Crippen molar-refractivity contribution in [2.45, 2.75) is 51.0 Å². The van der Waals surface area contributed by atoms with Crippen molar-refractivity contribution in [3.8, 4) is 0 Å². The third kappa shape index (κ3) is 3.02. The van der Waals surface area contributed by atoms with Crippen molar-refractivity contribution in [3.63, 3.8) is 0 Å². The first-order valence-electron chi connectivity index (χ1n) is 6.80. The molecule has 1 aromatic rings. The Hall–Kier alpha value is -0.430. The summed E-state index contributed by atoms with van der Waals surface area (Å²) in [5.74, 6) is 2.26. The van der Waals surface area contributed by atoms with Gasteiger partial charge in [0.15, 0.2) is 5.82 Å². The van der Waals surface area contributed by atoms with E-state index in [4.69, 9.17) is 9.72 Å². The number of aromatic nitrogens is 2. The zero-order valence-electron chi connectivity index (χ0n) is 12.1. The molecule has 0 spiro atoms. The van der Waals surface area contributed by atoms with E-state index in [0.29, 0.717) is 5.92 Å². The molecule has 0 atom stereocenters. The summed E-state index contributed by atoms with van der Waals surface area (Å²) in [4.78, 5) is 9.43. The van der Waals surface area contributed by atoms with Crippen LogP contribution in [-0.4, -0.2) is 24.1 Å². The predicted octanol–water partition coefficient (Wildman–Crippen LogP) is 3.66. The summed E-state index contributed by atoms with van der Waals surface area (Å²) in [6.07, 6.45) is 5.09. The Bertz CT molecular complexity index is 456. The molecule has 0 aliphatic heterocycles. The fourth-order valence-corrected chi connectivity index (χ4v) is 3.41. The fraction of sp³-hybridized carbons (Fsp3) is 0.714. The van der Waals surface area contributed by atoms with E-state index >= 15 is 0 Å². The van der Waals surface area contributed by atoms with E-state index in [0.717, 1.165) is 15.2 Å². The second-order valence-electron chi connectivity index (χ2n) is 5.54. The van der Waals surface area contributed by atoms with Gasteiger partial charge in [-0.25, -0.2) is 9.97 Å². The average molecular weight is 375 g/mol. The number of ether oxygens (including phenoxy) is 1. The minimum absolute atomic E-state index is 0.455. The molecule has 0 saturated heterocycles. The van der Waals surface area contributed by atoms with Crippen LogP contribution in [0.5, 0.6) is 0 Å². The molecule has 5 heteroatoms. The van der Waals surface area contributed by atoms with E-state index in [1.165, 1.54) is 31.4 Å². The smallest absolute Gasteiger partial charge is 0.162 e. The van der Waals surface area contributed by atoms with E-state index in [-0.39, 0.29) is 0 Å². The summed E-state index contributed by atoms with van der Waals surface area (Å²) in [6.45, 7) is 4.01. The van der Waals surface area contributed by atoms with Gasteiger partial charge in [-0.3, -0.25) is 0 Å². The highest BCUT2D eigenvalue weighted by molar-refractivity contribution is 14.1. The van der Waals surface area contributed by atoms with Crippen LogP contribution in [0.1, 0.15) is 57.0 Å². The monoisotopic (exact) mass is 375 g/mol. The number of hydrogen-bond donors (Lipinski definition) is 1. The van der Waals surface area contributed by atoms with E-state index in [1.807, 2.05) is 20.9 Å². The maximum Gasteiger partial charge on any atom is 0.162 e. The molecule has 4 nitrogen and oxygen atoms in total. The van der Waals surface area contributed by atoms with Gasteiger partial charge in [0.05, 0.1) is 9.26 Å². The third-order valence-electron chi connectivity index (χ3n) is 3.90. The van der Waals surface area contributed by atoms with Crippen molar-refractivity contribution >= 4 is 28.4 Å².